The molecular formula is C10H16N2O. The summed E-state index contributed by atoms with van der Waals surface area (Å²) in [6.07, 6.45) is 1.76. The Balaban J connectivity index is 3.06. The van der Waals surface area contributed by atoms with Crippen molar-refractivity contribution in [2.75, 3.05) is 0 Å². The molecule has 3 heteroatoms. The Bertz CT molecular complexity index is 313. The Morgan fingerprint density at radius 3 is 2.62 bits per heavy atom. The molecule has 0 bridgehead atoms. The minimum absolute atomic E-state index is 0.535. The normalized spacial score (nSPS) is 10.8. The predicted octanol–water partition coefficient (Wildman–Crippen LogP) is 1.74. The molecule has 13 heavy (non-hydrogen) atoms. The lowest BCUT2D eigenvalue weighted by atomic mass is 10.1. The van der Waals surface area contributed by atoms with Crippen LogP contribution in [0.3, 0.4) is 0 Å². The largest absolute Gasteiger partial charge is 0.329 e. The second-order valence-electron chi connectivity index (χ2n) is 3.77. The number of aromatic nitrogens is 2. The van der Waals surface area contributed by atoms with Crippen molar-refractivity contribution in [1.29, 1.82) is 0 Å². The van der Waals surface area contributed by atoms with Gasteiger partial charge in [0.2, 0.25) is 0 Å². The van der Waals surface area contributed by atoms with Crippen LogP contribution in [0.1, 0.15) is 35.9 Å². The van der Waals surface area contributed by atoms with Gasteiger partial charge in [0, 0.05) is 7.05 Å². The first-order valence-electron chi connectivity index (χ1n) is 4.53. The van der Waals surface area contributed by atoms with Gasteiger partial charge in [0.1, 0.15) is 11.5 Å². The van der Waals surface area contributed by atoms with E-state index < -0.39 is 0 Å². The van der Waals surface area contributed by atoms with Crippen LogP contribution in [0.25, 0.3) is 0 Å². The van der Waals surface area contributed by atoms with E-state index >= 15 is 0 Å². The first-order valence-corrected chi connectivity index (χ1v) is 4.53. The van der Waals surface area contributed by atoms with E-state index in [2.05, 4.69) is 18.8 Å². The molecule has 1 heterocycles. The topological polar surface area (TPSA) is 34.9 Å². The zero-order valence-corrected chi connectivity index (χ0v) is 8.66. The summed E-state index contributed by atoms with van der Waals surface area (Å²) >= 11 is 0. The Labute approximate surface area is 78.8 Å². The highest BCUT2D eigenvalue weighted by Crippen LogP contribution is 2.12. The van der Waals surface area contributed by atoms with Gasteiger partial charge >= 0.3 is 0 Å². The highest BCUT2D eigenvalue weighted by Gasteiger charge is 2.11. The van der Waals surface area contributed by atoms with E-state index in [1.54, 1.807) is 0 Å². The molecule has 0 saturated carbocycles. The first kappa shape index (κ1) is 9.96. The molecule has 0 saturated heterocycles. The van der Waals surface area contributed by atoms with Crippen LogP contribution < -0.4 is 0 Å². The molecule has 3 nitrogen and oxygen atoms in total. The van der Waals surface area contributed by atoms with E-state index in [0.717, 1.165) is 24.2 Å². The number of rotatable bonds is 3. The molecule has 72 valence electrons. The van der Waals surface area contributed by atoms with Crippen molar-refractivity contribution in [3.8, 4) is 0 Å². The van der Waals surface area contributed by atoms with Crippen molar-refractivity contribution in [1.82, 2.24) is 9.55 Å². The molecule has 0 fully saturated rings. The summed E-state index contributed by atoms with van der Waals surface area (Å²) in [5.41, 5.74) is 1.64. The number of aldehydes is 1. The van der Waals surface area contributed by atoms with E-state index in [1.807, 2.05) is 18.5 Å². The molecule has 1 aromatic rings. The third-order valence-electron chi connectivity index (χ3n) is 2.15. The Kier molecular flexibility index (Phi) is 2.86. The summed E-state index contributed by atoms with van der Waals surface area (Å²) < 4.78 is 1.84. The minimum Gasteiger partial charge on any atom is -0.329 e. The van der Waals surface area contributed by atoms with Gasteiger partial charge in [0.05, 0.1) is 5.69 Å². The maximum Gasteiger partial charge on any atom is 0.168 e. The maximum atomic E-state index is 10.8. The standard InChI is InChI=1S/C10H16N2O/c1-7(2)5-9-10(6-13)12(4)8(3)11-9/h6-7H,5H2,1-4H3. The third kappa shape index (κ3) is 1.97. The Morgan fingerprint density at radius 2 is 2.15 bits per heavy atom. The number of imidazole rings is 1. The van der Waals surface area contributed by atoms with Crippen molar-refractivity contribution < 1.29 is 4.79 Å². The van der Waals surface area contributed by atoms with Crippen molar-refractivity contribution in [3.05, 3.63) is 17.2 Å². The highest BCUT2D eigenvalue weighted by atomic mass is 16.1. The summed E-state index contributed by atoms with van der Waals surface area (Å²) in [4.78, 5) is 15.1. The monoisotopic (exact) mass is 180 g/mol. The Morgan fingerprint density at radius 1 is 1.54 bits per heavy atom. The molecule has 0 aliphatic carbocycles. The fraction of sp³-hybridized carbons (Fsp3) is 0.600. The molecule has 0 aliphatic rings. The summed E-state index contributed by atoms with van der Waals surface area (Å²) in [6, 6.07) is 0. The second-order valence-corrected chi connectivity index (χ2v) is 3.77. The zero-order chi connectivity index (χ0) is 10.0. The second kappa shape index (κ2) is 3.73. The van der Waals surface area contributed by atoms with Gasteiger partial charge in [-0.15, -0.1) is 0 Å². The number of carbonyl (C=O) groups excluding carboxylic acids is 1. The smallest absolute Gasteiger partial charge is 0.168 e. The highest BCUT2D eigenvalue weighted by molar-refractivity contribution is 5.74. The van der Waals surface area contributed by atoms with Crippen molar-refractivity contribution in [3.63, 3.8) is 0 Å². The number of hydrogen-bond donors (Lipinski definition) is 0. The quantitative estimate of drug-likeness (QED) is 0.664. The van der Waals surface area contributed by atoms with Crippen molar-refractivity contribution in [2.24, 2.45) is 13.0 Å². The van der Waals surface area contributed by atoms with Crippen molar-refractivity contribution >= 4 is 6.29 Å². The van der Waals surface area contributed by atoms with Gasteiger partial charge in [0.15, 0.2) is 6.29 Å². The lowest BCUT2D eigenvalue weighted by molar-refractivity contribution is 0.111. The maximum absolute atomic E-state index is 10.8. The van der Waals surface area contributed by atoms with Gasteiger partial charge in [-0.3, -0.25) is 4.79 Å². The van der Waals surface area contributed by atoms with Gasteiger partial charge in [-0.25, -0.2) is 4.98 Å². The Hall–Kier alpha value is -1.12. The van der Waals surface area contributed by atoms with E-state index in [4.69, 9.17) is 0 Å². The predicted molar refractivity (Wildman–Crippen MR) is 51.9 cm³/mol. The molecule has 0 atom stereocenters. The SMILES string of the molecule is Cc1nc(CC(C)C)c(C=O)n1C. The van der Waals surface area contributed by atoms with Crippen LogP contribution in [0.4, 0.5) is 0 Å². The number of hydrogen-bond acceptors (Lipinski definition) is 2. The zero-order valence-electron chi connectivity index (χ0n) is 8.66. The van der Waals surface area contributed by atoms with Gasteiger partial charge in [-0.1, -0.05) is 13.8 Å². The molecule has 0 spiro atoms. The molecular weight excluding hydrogens is 164 g/mol. The summed E-state index contributed by atoms with van der Waals surface area (Å²) in [5.74, 6) is 1.44. The summed E-state index contributed by atoms with van der Waals surface area (Å²) in [5, 5.41) is 0. The van der Waals surface area contributed by atoms with Crippen molar-refractivity contribution in [2.45, 2.75) is 27.2 Å². The van der Waals surface area contributed by atoms with E-state index in [1.165, 1.54) is 0 Å². The van der Waals surface area contributed by atoms with E-state index in [-0.39, 0.29) is 0 Å². The van der Waals surface area contributed by atoms with Crippen LogP contribution in [0.15, 0.2) is 0 Å². The van der Waals surface area contributed by atoms with Crippen LogP contribution in [-0.2, 0) is 13.5 Å². The molecule has 0 radical (unpaired) electrons. The van der Waals surface area contributed by atoms with Crippen LogP contribution >= 0.6 is 0 Å². The lowest BCUT2D eigenvalue weighted by Crippen LogP contribution is -2.01. The number of carbonyl (C=O) groups is 1. The number of aryl methyl sites for hydroxylation is 1. The molecule has 0 amide bonds. The van der Waals surface area contributed by atoms with E-state index in [9.17, 15) is 4.79 Å². The lowest BCUT2D eigenvalue weighted by Gasteiger charge is -2.01. The third-order valence-corrected chi connectivity index (χ3v) is 2.15. The van der Waals surface area contributed by atoms with E-state index in [0.29, 0.717) is 11.6 Å². The van der Waals surface area contributed by atoms with Gasteiger partial charge in [-0.05, 0) is 19.3 Å². The van der Waals surface area contributed by atoms with Crippen LogP contribution in [0.2, 0.25) is 0 Å². The van der Waals surface area contributed by atoms with Crippen LogP contribution in [0.5, 0.6) is 0 Å². The number of nitrogens with zero attached hydrogens (tertiary/aromatic N) is 2. The first-order chi connectivity index (χ1) is 6.06. The summed E-state index contributed by atoms with van der Waals surface area (Å²) in [6.45, 7) is 6.16. The molecule has 0 unspecified atom stereocenters. The van der Waals surface area contributed by atoms with Gasteiger partial charge in [-0.2, -0.15) is 0 Å². The molecule has 0 aliphatic heterocycles. The molecule has 0 N–H and O–H groups in total. The molecule has 1 aromatic heterocycles. The van der Waals surface area contributed by atoms with Crippen LogP contribution in [-0.4, -0.2) is 15.8 Å². The fourth-order valence-corrected chi connectivity index (χ4v) is 1.38. The average molecular weight is 180 g/mol. The average Bonchev–Trinajstić information content (AvgIpc) is 2.27. The molecule has 0 aromatic carbocycles. The fourth-order valence-electron chi connectivity index (χ4n) is 1.38. The molecule has 1 rings (SSSR count). The minimum atomic E-state index is 0.535. The van der Waals surface area contributed by atoms with Gasteiger partial charge < -0.3 is 4.57 Å². The van der Waals surface area contributed by atoms with Crippen LogP contribution in [0, 0.1) is 12.8 Å². The summed E-state index contributed by atoms with van der Waals surface area (Å²) in [7, 11) is 1.87. The van der Waals surface area contributed by atoms with Gasteiger partial charge in [0.25, 0.3) is 0 Å².